The molecule has 1 unspecified atom stereocenters. The first-order chi connectivity index (χ1) is 9.20. The Morgan fingerprint density at radius 1 is 1.16 bits per heavy atom. The van der Waals surface area contributed by atoms with Crippen LogP contribution in [0.4, 0.5) is 0 Å². The first-order valence-electron chi connectivity index (χ1n) is 6.46. The fraction of sp³-hybridized carbons (Fsp3) is 0.250. The largest absolute Gasteiger partial charge is 0.310 e. The Balaban J connectivity index is 2.15. The second kappa shape index (κ2) is 6.99. The predicted molar refractivity (Wildman–Crippen MR) is 84.1 cm³/mol. The Hall–Kier alpha value is -0.960. The van der Waals surface area contributed by atoms with Crippen molar-refractivity contribution in [1.82, 2.24) is 5.32 Å². The maximum Gasteiger partial charge on any atom is 0.0548 e. The van der Waals surface area contributed by atoms with Crippen LogP contribution in [0.25, 0.3) is 0 Å². The fourth-order valence-corrected chi connectivity index (χ4v) is 3.05. The van der Waals surface area contributed by atoms with Gasteiger partial charge < -0.3 is 5.32 Å². The monoisotopic (exact) mass is 291 g/mol. The summed E-state index contributed by atoms with van der Waals surface area (Å²) in [5.74, 6) is 0. The van der Waals surface area contributed by atoms with Crippen LogP contribution in [0.1, 0.15) is 25.5 Å². The fourth-order valence-electron chi connectivity index (χ4n) is 1.91. The van der Waals surface area contributed by atoms with Crippen LogP contribution in [0.15, 0.2) is 58.3 Å². The van der Waals surface area contributed by atoms with E-state index < -0.39 is 0 Å². The van der Waals surface area contributed by atoms with E-state index in [0.717, 1.165) is 16.5 Å². The zero-order chi connectivity index (χ0) is 13.7. The molecule has 0 aliphatic heterocycles. The van der Waals surface area contributed by atoms with Crippen LogP contribution < -0.4 is 5.32 Å². The van der Waals surface area contributed by atoms with Crippen molar-refractivity contribution in [2.24, 2.45) is 0 Å². The van der Waals surface area contributed by atoms with Crippen molar-refractivity contribution in [1.29, 1.82) is 0 Å². The second-order valence-electron chi connectivity index (χ2n) is 4.38. The van der Waals surface area contributed by atoms with Crippen LogP contribution in [0.3, 0.4) is 0 Å². The first-order valence-corrected chi connectivity index (χ1v) is 7.66. The standard InChI is InChI=1S/C16H18ClNS/c1-3-18-12(2)13-9-10-16(15(17)11-13)19-14-7-5-4-6-8-14/h4-12,18H,3H2,1-2H3. The molecule has 1 N–H and O–H groups in total. The van der Waals surface area contributed by atoms with E-state index in [1.165, 1.54) is 10.5 Å². The van der Waals surface area contributed by atoms with Gasteiger partial charge in [0.25, 0.3) is 0 Å². The van der Waals surface area contributed by atoms with Crippen molar-refractivity contribution < 1.29 is 0 Å². The lowest BCUT2D eigenvalue weighted by atomic mass is 10.1. The minimum absolute atomic E-state index is 0.332. The highest BCUT2D eigenvalue weighted by molar-refractivity contribution is 7.99. The zero-order valence-corrected chi connectivity index (χ0v) is 12.8. The molecule has 0 saturated carbocycles. The quantitative estimate of drug-likeness (QED) is 0.816. The summed E-state index contributed by atoms with van der Waals surface area (Å²) in [5, 5.41) is 4.21. The van der Waals surface area contributed by atoms with Crippen LogP contribution in [0.2, 0.25) is 5.02 Å². The molecule has 1 atom stereocenters. The van der Waals surface area contributed by atoms with Crippen molar-refractivity contribution in [3.8, 4) is 0 Å². The van der Waals surface area contributed by atoms with Crippen molar-refractivity contribution in [2.75, 3.05) is 6.54 Å². The SMILES string of the molecule is CCNC(C)c1ccc(Sc2ccccc2)c(Cl)c1. The van der Waals surface area contributed by atoms with E-state index in [1.807, 2.05) is 18.2 Å². The summed E-state index contributed by atoms with van der Waals surface area (Å²) in [4.78, 5) is 2.30. The highest BCUT2D eigenvalue weighted by Crippen LogP contribution is 2.34. The highest BCUT2D eigenvalue weighted by Gasteiger charge is 2.08. The van der Waals surface area contributed by atoms with Gasteiger partial charge in [-0.05, 0) is 43.3 Å². The molecule has 0 heterocycles. The maximum absolute atomic E-state index is 6.37. The average Bonchev–Trinajstić information content (AvgIpc) is 2.42. The van der Waals surface area contributed by atoms with E-state index in [9.17, 15) is 0 Å². The van der Waals surface area contributed by atoms with Gasteiger partial charge in [-0.3, -0.25) is 0 Å². The first kappa shape index (κ1) is 14.4. The number of halogens is 1. The average molecular weight is 292 g/mol. The molecule has 2 aromatic rings. The topological polar surface area (TPSA) is 12.0 Å². The molecule has 0 aliphatic carbocycles. The molecular weight excluding hydrogens is 274 g/mol. The second-order valence-corrected chi connectivity index (χ2v) is 5.91. The molecule has 0 aromatic heterocycles. The van der Waals surface area contributed by atoms with E-state index >= 15 is 0 Å². The summed E-state index contributed by atoms with van der Waals surface area (Å²) < 4.78 is 0. The lowest BCUT2D eigenvalue weighted by molar-refractivity contribution is 0.598. The van der Waals surface area contributed by atoms with E-state index in [2.05, 4.69) is 49.5 Å². The summed E-state index contributed by atoms with van der Waals surface area (Å²) in [6.07, 6.45) is 0. The van der Waals surface area contributed by atoms with Crippen LogP contribution >= 0.6 is 23.4 Å². The van der Waals surface area contributed by atoms with Crippen LogP contribution in [0.5, 0.6) is 0 Å². The molecule has 0 saturated heterocycles. The number of nitrogens with one attached hydrogen (secondary N) is 1. The third kappa shape index (κ3) is 4.00. The molecule has 100 valence electrons. The minimum Gasteiger partial charge on any atom is -0.310 e. The van der Waals surface area contributed by atoms with E-state index in [1.54, 1.807) is 11.8 Å². The molecule has 1 nitrogen and oxygen atoms in total. The molecule has 0 amide bonds. The van der Waals surface area contributed by atoms with Crippen molar-refractivity contribution in [3.05, 3.63) is 59.1 Å². The Morgan fingerprint density at radius 3 is 2.53 bits per heavy atom. The lowest BCUT2D eigenvalue weighted by Crippen LogP contribution is -2.17. The molecule has 0 radical (unpaired) electrons. The number of hydrogen-bond acceptors (Lipinski definition) is 2. The third-order valence-corrected chi connectivity index (χ3v) is 4.45. The Labute approximate surface area is 124 Å². The highest BCUT2D eigenvalue weighted by atomic mass is 35.5. The van der Waals surface area contributed by atoms with Crippen molar-refractivity contribution in [2.45, 2.75) is 29.7 Å². The van der Waals surface area contributed by atoms with Gasteiger partial charge in [-0.25, -0.2) is 0 Å². The Bertz CT molecular complexity index is 528. The summed E-state index contributed by atoms with van der Waals surface area (Å²) >= 11 is 8.07. The molecular formula is C16H18ClNS. The Kier molecular flexibility index (Phi) is 5.32. The van der Waals surface area contributed by atoms with Crippen LogP contribution in [-0.2, 0) is 0 Å². The minimum atomic E-state index is 0.332. The molecule has 2 rings (SSSR count). The molecule has 0 bridgehead atoms. The summed E-state index contributed by atoms with van der Waals surface area (Å²) in [6.45, 7) is 5.22. The summed E-state index contributed by atoms with van der Waals surface area (Å²) in [5.41, 5.74) is 1.23. The number of hydrogen-bond donors (Lipinski definition) is 1. The van der Waals surface area contributed by atoms with Crippen molar-refractivity contribution >= 4 is 23.4 Å². The number of rotatable bonds is 5. The van der Waals surface area contributed by atoms with Gasteiger partial charge in [-0.2, -0.15) is 0 Å². The van der Waals surface area contributed by atoms with Gasteiger partial charge in [-0.15, -0.1) is 0 Å². The molecule has 0 spiro atoms. The summed E-state index contributed by atoms with van der Waals surface area (Å²) in [6, 6.07) is 16.9. The van der Waals surface area contributed by atoms with E-state index in [0.29, 0.717) is 6.04 Å². The third-order valence-electron chi connectivity index (χ3n) is 2.94. The van der Waals surface area contributed by atoms with Gasteiger partial charge in [0.2, 0.25) is 0 Å². The molecule has 19 heavy (non-hydrogen) atoms. The Morgan fingerprint density at radius 2 is 1.89 bits per heavy atom. The van der Waals surface area contributed by atoms with Gasteiger partial charge >= 0.3 is 0 Å². The predicted octanol–water partition coefficient (Wildman–Crippen LogP) is 5.16. The molecule has 0 aliphatic rings. The van der Waals surface area contributed by atoms with Gasteiger partial charge in [0.05, 0.1) is 5.02 Å². The van der Waals surface area contributed by atoms with Gasteiger partial charge in [0.15, 0.2) is 0 Å². The summed E-state index contributed by atoms with van der Waals surface area (Å²) in [7, 11) is 0. The van der Waals surface area contributed by atoms with Gasteiger partial charge in [-0.1, -0.05) is 54.6 Å². The molecule has 0 fully saturated rings. The van der Waals surface area contributed by atoms with Crippen molar-refractivity contribution in [3.63, 3.8) is 0 Å². The van der Waals surface area contributed by atoms with Crippen LogP contribution in [-0.4, -0.2) is 6.54 Å². The van der Waals surface area contributed by atoms with E-state index in [4.69, 9.17) is 11.6 Å². The van der Waals surface area contributed by atoms with Gasteiger partial charge in [0, 0.05) is 15.8 Å². The van der Waals surface area contributed by atoms with Gasteiger partial charge in [0.1, 0.15) is 0 Å². The molecule has 2 aromatic carbocycles. The smallest absolute Gasteiger partial charge is 0.0548 e. The van der Waals surface area contributed by atoms with Crippen LogP contribution in [0, 0.1) is 0 Å². The van der Waals surface area contributed by atoms with E-state index in [-0.39, 0.29) is 0 Å². The number of benzene rings is 2. The molecule has 3 heteroatoms. The normalized spacial score (nSPS) is 12.4. The maximum atomic E-state index is 6.37. The zero-order valence-electron chi connectivity index (χ0n) is 11.2. The lowest BCUT2D eigenvalue weighted by Gasteiger charge is -2.14.